The molecule has 0 bridgehead atoms. The quantitative estimate of drug-likeness (QED) is 0.698. The lowest BCUT2D eigenvalue weighted by atomic mass is 9.81. The van der Waals surface area contributed by atoms with E-state index in [-0.39, 0.29) is 35.8 Å². The first kappa shape index (κ1) is 21.3. The number of amides is 2. The van der Waals surface area contributed by atoms with E-state index in [9.17, 15) is 9.59 Å². The summed E-state index contributed by atoms with van der Waals surface area (Å²) >= 11 is 7.58. The molecule has 162 valence electrons. The van der Waals surface area contributed by atoms with Crippen LogP contribution in [0.4, 0.5) is 0 Å². The highest BCUT2D eigenvalue weighted by Gasteiger charge is 2.50. The minimum absolute atomic E-state index is 0.0290. The molecule has 1 aromatic carbocycles. The smallest absolute Gasteiger partial charge is 0.230 e. The van der Waals surface area contributed by atoms with Crippen LogP contribution in [0.25, 0.3) is 0 Å². The van der Waals surface area contributed by atoms with Gasteiger partial charge in [-0.2, -0.15) is 5.10 Å². The lowest BCUT2D eigenvalue weighted by Crippen LogP contribution is -2.67. The number of halogens is 1. The van der Waals surface area contributed by atoms with Gasteiger partial charge in [-0.3, -0.25) is 15.0 Å². The van der Waals surface area contributed by atoms with E-state index >= 15 is 0 Å². The predicted molar refractivity (Wildman–Crippen MR) is 120 cm³/mol. The van der Waals surface area contributed by atoms with Crippen LogP contribution in [-0.2, 0) is 16.1 Å². The Hall–Kier alpha value is -1.93. The molecule has 1 aliphatic carbocycles. The van der Waals surface area contributed by atoms with Gasteiger partial charge >= 0.3 is 0 Å². The zero-order valence-electron chi connectivity index (χ0n) is 17.1. The van der Waals surface area contributed by atoms with Crippen LogP contribution in [0.3, 0.4) is 0 Å². The number of hydrogen-bond donors (Lipinski definition) is 2. The fraction of sp³-hybridized carbons (Fsp3) is 0.571. The standard InChI is InChI=1S/C21H28ClN5O2S/c1-2-11-26-19(29)15-8-4-6-10-17(15)27-20(26)24-25-21(27)30-13-18(28)23-12-14-7-3-5-9-16(14)22/h3,5,7,9,15,17,20,24H,2,4,6,8,10-13H2,1H3,(H,23,28). The molecule has 1 saturated heterocycles. The van der Waals surface area contributed by atoms with Crippen molar-refractivity contribution in [1.82, 2.24) is 20.5 Å². The van der Waals surface area contributed by atoms with Crippen LogP contribution in [0.5, 0.6) is 0 Å². The van der Waals surface area contributed by atoms with E-state index in [0.29, 0.717) is 18.1 Å². The molecule has 2 fully saturated rings. The SMILES string of the molecule is CCCN1C(=O)C2CCCCC2N2C(SCC(=O)NCc3ccccc3Cl)=NNC12. The molecule has 7 nitrogen and oxygen atoms in total. The molecule has 0 radical (unpaired) electrons. The molecule has 3 unspecified atom stereocenters. The predicted octanol–water partition coefficient (Wildman–Crippen LogP) is 2.96. The third-order valence-corrected chi connectivity index (χ3v) is 7.31. The second kappa shape index (κ2) is 9.47. The molecular weight excluding hydrogens is 422 g/mol. The highest BCUT2D eigenvalue weighted by Crippen LogP contribution is 2.38. The van der Waals surface area contributed by atoms with Gasteiger partial charge in [0.2, 0.25) is 11.8 Å². The van der Waals surface area contributed by atoms with E-state index in [1.807, 2.05) is 29.2 Å². The normalized spacial score (nSPS) is 25.3. The van der Waals surface area contributed by atoms with Crippen LogP contribution in [0.15, 0.2) is 29.4 Å². The summed E-state index contributed by atoms with van der Waals surface area (Å²) in [5, 5.41) is 8.88. The van der Waals surface area contributed by atoms with E-state index in [4.69, 9.17) is 11.6 Å². The first-order valence-corrected chi connectivity index (χ1v) is 12.0. The van der Waals surface area contributed by atoms with Gasteiger partial charge in [-0.05, 0) is 30.9 Å². The molecule has 30 heavy (non-hydrogen) atoms. The zero-order chi connectivity index (χ0) is 21.1. The van der Waals surface area contributed by atoms with Crippen LogP contribution in [0.1, 0.15) is 44.6 Å². The van der Waals surface area contributed by atoms with Crippen LogP contribution >= 0.6 is 23.4 Å². The lowest BCUT2D eigenvalue weighted by molar-refractivity contribution is -0.155. The van der Waals surface area contributed by atoms with Crippen molar-refractivity contribution in [2.45, 2.75) is 57.9 Å². The number of carbonyl (C=O) groups excluding carboxylic acids is 2. The van der Waals surface area contributed by atoms with Gasteiger partial charge in [0.15, 0.2) is 11.5 Å². The van der Waals surface area contributed by atoms with Gasteiger partial charge < -0.3 is 15.1 Å². The topological polar surface area (TPSA) is 77.0 Å². The molecule has 3 atom stereocenters. The zero-order valence-corrected chi connectivity index (χ0v) is 18.7. The highest BCUT2D eigenvalue weighted by atomic mass is 35.5. The highest BCUT2D eigenvalue weighted by molar-refractivity contribution is 8.14. The number of rotatable bonds is 6. The number of nitrogens with zero attached hydrogens (tertiary/aromatic N) is 3. The van der Waals surface area contributed by atoms with Crippen LogP contribution in [-0.4, -0.2) is 51.4 Å². The van der Waals surface area contributed by atoms with Crippen molar-refractivity contribution < 1.29 is 9.59 Å². The van der Waals surface area contributed by atoms with E-state index in [1.54, 1.807) is 0 Å². The summed E-state index contributed by atoms with van der Waals surface area (Å²) in [5.74, 6) is 0.480. The van der Waals surface area contributed by atoms with Crippen LogP contribution in [0.2, 0.25) is 5.02 Å². The van der Waals surface area contributed by atoms with E-state index in [2.05, 4.69) is 27.7 Å². The lowest BCUT2D eigenvalue weighted by Gasteiger charge is -2.50. The summed E-state index contributed by atoms with van der Waals surface area (Å²) in [5.41, 5.74) is 4.04. The molecule has 4 rings (SSSR count). The van der Waals surface area contributed by atoms with Crippen LogP contribution < -0.4 is 10.7 Å². The third kappa shape index (κ3) is 4.25. The molecule has 2 amide bonds. The molecule has 1 aromatic rings. The van der Waals surface area contributed by atoms with Gasteiger partial charge in [-0.1, -0.05) is 61.3 Å². The Balaban J connectivity index is 1.38. The maximum Gasteiger partial charge on any atom is 0.230 e. The molecular formula is C21H28ClN5O2S. The van der Waals surface area contributed by atoms with Gasteiger partial charge in [-0.15, -0.1) is 0 Å². The van der Waals surface area contributed by atoms with Crippen LogP contribution in [0, 0.1) is 5.92 Å². The summed E-state index contributed by atoms with van der Waals surface area (Å²) in [6.07, 6.45) is 4.83. The number of amidine groups is 1. The summed E-state index contributed by atoms with van der Waals surface area (Å²) in [7, 11) is 0. The largest absolute Gasteiger partial charge is 0.351 e. The number of nitrogens with one attached hydrogen (secondary N) is 2. The molecule has 3 aliphatic rings. The Morgan fingerprint density at radius 2 is 2.13 bits per heavy atom. The van der Waals surface area contributed by atoms with Crippen molar-refractivity contribution in [3.05, 3.63) is 34.9 Å². The van der Waals surface area contributed by atoms with Gasteiger partial charge in [0.05, 0.1) is 11.7 Å². The Kier molecular flexibility index (Phi) is 6.73. The van der Waals surface area contributed by atoms with Crippen molar-refractivity contribution >= 4 is 40.3 Å². The number of fused-ring (bicyclic) bond motifs is 3. The molecule has 2 heterocycles. The van der Waals surface area contributed by atoms with Crippen molar-refractivity contribution in [2.75, 3.05) is 12.3 Å². The maximum absolute atomic E-state index is 13.0. The second-order valence-corrected chi connectivity index (χ2v) is 9.30. The Bertz CT molecular complexity index is 835. The molecule has 0 aromatic heterocycles. The van der Waals surface area contributed by atoms with E-state index in [0.717, 1.165) is 42.8 Å². The average Bonchev–Trinajstić information content (AvgIpc) is 3.18. The second-order valence-electron chi connectivity index (χ2n) is 7.95. The van der Waals surface area contributed by atoms with Gasteiger partial charge in [0, 0.05) is 24.2 Å². The fourth-order valence-electron chi connectivity index (χ4n) is 4.54. The summed E-state index contributed by atoms with van der Waals surface area (Å²) in [6.45, 7) is 3.20. The third-order valence-electron chi connectivity index (χ3n) is 5.97. The minimum Gasteiger partial charge on any atom is -0.351 e. The fourth-order valence-corrected chi connectivity index (χ4v) is 5.61. The molecule has 1 saturated carbocycles. The molecule has 9 heteroatoms. The Morgan fingerprint density at radius 1 is 1.33 bits per heavy atom. The van der Waals surface area contributed by atoms with Gasteiger partial charge in [0.25, 0.3) is 0 Å². The first-order valence-electron chi connectivity index (χ1n) is 10.6. The van der Waals surface area contributed by atoms with Crippen molar-refractivity contribution in [3.8, 4) is 0 Å². The average molecular weight is 450 g/mol. The molecule has 2 aliphatic heterocycles. The minimum atomic E-state index is -0.231. The first-order chi connectivity index (χ1) is 14.6. The summed E-state index contributed by atoms with van der Waals surface area (Å²) in [4.78, 5) is 29.6. The van der Waals surface area contributed by atoms with Crippen molar-refractivity contribution in [1.29, 1.82) is 0 Å². The Morgan fingerprint density at radius 3 is 2.93 bits per heavy atom. The monoisotopic (exact) mass is 449 g/mol. The number of hydrogen-bond acceptors (Lipinski definition) is 6. The maximum atomic E-state index is 13.0. The van der Waals surface area contributed by atoms with Crippen molar-refractivity contribution in [3.63, 3.8) is 0 Å². The van der Waals surface area contributed by atoms with E-state index in [1.165, 1.54) is 11.8 Å². The van der Waals surface area contributed by atoms with Gasteiger partial charge in [0.1, 0.15) is 0 Å². The molecule has 0 spiro atoms. The summed E-state index contributed by atoms with van der Waals surface area (Å²) < 4.78 is 0. The van der Waals surface area contributed by atoms with Crippen molar-refractivity contribution in [2.24, 2.45) is 11.0 Å². The van der Waals surface area contributed by atoms with E-state index < -0.39 is 0 Å². The Labute approximate surface area is 186 Å². The molecule has 2 N–H and O–H groups in total. The number of carbonyl (C=O) groups is 2. The number of benzene rings is 1. The number of thioether (sulfide) groups is 1. The van der Waals surface area contributed by atoms with Gasteiger partial charge in [-0.25, -0.2) is 0 Å². The summed E-state index contributed by atoms with van der Waals surface area (Å²) in [6, 6.07) is 7.66. The number of hydrazone groups is 1.